The quantitative estimate of drug-likeness (QED) is 0.827. The minimum absolute atomic E-state index is 1.10. The molecule has 0 atom stereocenters. The summed E-state index contributed by atoms with van der Waals surface area (Å²) in [6.45, 7) is 5.97. The maximum absolute atomic E-state index is 4.35. The Hall–Kier alpha value is -0.930. The lowest BCUT2D eigenvalue weighted by atomic mass is 10.2. The maximum Gasteiger partial charge on any atom is 0.0404 e. The second-order valence-corrected chi connectivity index (χ2v) is 4.37. The second kappa shape index (κ2) is 6.61. The summed E-state index contributed by atoms with van der Waals surface area (Å²) in [5, 5.41) is 3.43. The van der Waals surface area contributed by atoms with E-state index in [0.29, 0.717) is 0 Å². The third-order valence-electron chi connectivity index (χ3n) is 3.07. The number of nitrogens with zero attached hydrogens (tertiary/aromatic N) is 2. The van der Waals surface area contributed by atoms with E-state index < -0.39 is 0 Å². The average molecular weight is 219 g/mol. The van der Waals surface area contributed by atoms with Crippen LogP contribution >= 0.6 is 0 Å². The monoisotopic (exact) mass is 219 g/mol. The Morgan fingerprint density at radius 1 is 1.25 bits per heavy atom. The molecule has 0 radical (unpaired) electrons. The minimum Gasteiger partial charge on any atom is -0.315 e. The van der Waals surface area contributed by atoms with Crippen LogP contribution in [0.3, 0.4) is 0 Å². The molecule has 88 valence electrons. The summed E-state index contributed by atoms with van der Waals surface area (Å²) in [6, 6.07) is 6.16. The van der Waals surface area contributed by atoms with Crippen molar-refractivity contribution in [2.45, 2.75) is 19.3 Å². The van der Waals surface area contributed by atoms with E-state index in [1.165, 1.54) is 44.7 Å². The number of hydrogen-bond acceptors (Lipinski definition) is 3. The van der Waals surface area contributed by atoms with Crippen LogP contribution in [0.25, 0.3) is 0 Å². The molecule has 0 saturated carbocycles. The molecule has 1 aromatic rings. The van der Waals surface area contributed by atoms with Crippen molar-refractivity contribution in [1.82, 2.24) is 15.2 Å². The number of aromatic nitrogens is 1. The molecular formula is C13H21N3. The molecule has 0 spiro atoms. The van der Waals surface area contributed by atoms with E-state index in [1.807, 2.05) is 12.3 Å². The van der Waals surface area contributed by atoms with Gasteiger partial charge < -0.3 is 10.2 Å². The largest absolute Gasteiger partial charge is 0.315 e. The van der Waals surface area contributed by atoms with Crippen LogP contribution in [0.5, 0.6) is 0 Å². The summed E-state index contributed by atoms with van der Waals surface area (Å²) >= 11 is 0. The Morgan fingerprint density at radius 3 is 3.12 bits per heavy atom. The predicted octanol–water partition coefficient (Wildman–Crippen LogP) is 1.31. The lowest BCUT2D eigenvalue weighted by Crippen LogP contribution is -2.29. The molecule has 0 bridgehead atoms. The highest BCUT2D eigenvalue weighted by Gasteiger charge is 2.07. The van der Waals surface area contributed by atoms with E-state index in [1.54, 1.807) is 0 Å². The molecule has 0 aromatic carbocycles. The fourth-order valence-corrected chi connectivity index (χ4v) is 2.16. The highest BCUT2D eigenvalue weighted by Crippen LogP contribution is 2.02. The molecule has 3 nitrogen and oxygen atoms in total. The summed E-state index contributed by atoms with van der Waals surface area (Å²) in [5.74, 6) is 0. The zero-order chi connectivity index (χ0) is 11.1. The van der Waals surface area contributed by atoms with Crippen molar-refractivity contribution in [1.29, 1.82) is 0 Å². The van der Waals surface area contributed by atoms with Gasteiger partial charge in [0.1, 0.15) is 0 Å². The topological polar surface area (TPSA) is 28.2 Å². The molecule has 0 aliphatic carbocycles. The van der Waals surface area contributed by atoms with Crippen molar-refractivity contribution in [3.05, 3.63) is 30.1 Å². The van der Waals surface area contributed by atoms with Crippen molar-refractivity contribution < 1.29 is 0 Å². The fourth-order valence-electron chi connectivity index (χ4n) is 2.16. The zero-order valence-corrected chi connectivity index (χ0v) is 9.86. The van der Waals surface area contributed by atoms with Gasteiger partial charge in [0.05, 0.1) is 0 Å². The van der Waals surface area contributed by atoms with Crippen LogP contribution in [0, 0.1) is 0 Å². The highest BCUT2D eigenvalue weighted by molar-refractivity contribution is 5.03. The van der Waals surface area contributed by atoms with Crippen LogP contribution in [0.2, 0.25) is 0 Å². The molecule has 1 aliphatic heterocycles. The fraction of sp³-hybridized carbons (Fsp3) is 0.615. The average Bonchev–Trinajstić information content (AvgIpc) is 2.59. The molecule has 0 unspecified atom stereocenters. The van der Waals surface area contributed by atoms with E-state index >= 15 is 0 Å². The number of nitrogens with one attached hydrogen (secondary N) is 1. The van der Waals surface area contributed by atoms with Crippen molar-refractivity contribution in [3.8, 4) is 0 Å². The van der Waals surface area contributed by atoms with Gasteiger partial charge in [0.15, 0.2) is 0 Å². The lowest BCUT2D eigenvalue weighted by molar-refractivity contribution is 0.288. The van der Waals surface area contributed by atoms with Crippen molar-refractivity contribution in [3.63, 3.8) is 0 Å². The molecular weight excluding hydrogens is 198 g/mol. The van der Waals surface area contributed by atoms with Gasteiger partial charge in [-0.15, -0.1) is 0 Å². The number of pyridine rings is 1. The van der Waals surface area contributed by atoms with Gasteiger partial charge in [0.25, 0.3) is 0 Å². The standard InChI is InChI=1S/C13H21N3/c1-2-8-15-13(5-1)6-3-10-16-11-4-7-14-9-12-16/h1-2,5,8,14H,3-4,6-7,9-12H2. The SMILES string of the molecule is c1ccc(CCCN2CCCNCC2)nc1. The summed E-state index contributed by atoms with van der Waals surface area (Å²) in [6.07, 6.45) is 5.48. The minimum atomic E-state index is 1.10. The van der Waals surface area contributed by atoms with Gasteiger partial charge in [-0.3, -0.25) is 4.98 Å². The molecule has 2 heterocycles. The van der Waals surface area contributed by atoms with Crippen LogP contribution in [0.15, 0.2) is 24.4 Å². The Morgan fingerprint density at radius 2 is 2.25 bits per heavy atom. The molecule has 2 rings (SSSR count). The predicted molar refractivity (Wildman–Crippen MR) is 66.5 cm³/mol. The highest BCUT2D eigenvalue weighted by atomic mass is 15.1. The van der Waals surface area contributed by atoms with Crippen molar-refractivity contribution >= 4 is 0 Å². The normalized spacial score (nSPS) is 18.2. The van der Waals surface area contributed by atoms with E-state index in [4.69, 9.17) is 0 Å². The van der Waals surface area contributed by atoms with E-state index in [0.717, 1.165) is 13.0 Å². The van der Waals surface area contributed by atoms with Crippen molar-refractivity contribution in [2.24, 2.45) is 0 Å². The second-order valence-electron chi connectivity index (χ2n) is 4.37. The Kier molecular flexibility index (Phi) is 4.77. The van der Waals surface area contributed by atoms with Crippen molar-refractivity contribution in [2.75, 3.05) is 32.7 Å². The third-order valence-corrected chi connectivity index (χ3v) is 3.07. The first-order valence-corrected chi connectivity index (χ1v) is 6.28. The first kappa shape index (κ1) is 11.6. The molecule has 1 aromatic heterocycles. The molecule has 16 heavy (non-hydrogen) atoms. The van der Waals surface area contributed by atoms with Gasteiger partial charge in [0, 0.05) is 25.0 Å². The van der Waals surface area contributed by atoms with Crippen LogP contribution in [0.1, 0.15) is 18.5 Å². The van der Waals surface area contributed by atoms with Crippen LogP contribution in [-0.4, -0.2) is 42.6 Å². The number of aryl methyl sites for hydroxylation is 1. The molecule has 1 N–H and O–H groups in total. The van der Waals surface area contributed by atoms with E-state index in [-0.39, 0.29) is 0 Å². The van der Waals surface area contributed by atoms with Crippen LogP contribution < -0.4 is 5.32 Å². The Bertz CT molecular complexity index is 278. The van der Waals surface area contributed by atoms with Gasteiger partial charge in [-0.05, 0) is 51.0 Å². The first-order valence-electron chi connectivity index (χ1n) is 6.28. The van der Waals surface area contributed by atoms with Crippen LogP contribution in [-0.2, 0) is 6.42 Å². The summed E-state index contributed by atoms with van der Waals surface area (Å²) in [4.78, 5) is 6.91. The summed E-state index contributed by atoms with van der Waals surface area (Å²) in [5.41, 5.74) is 1.22. The lowest BCUT2D eigenvalue weighted by Gasteiger charge is -2.18. The third kappa shape index (κ3) is 3.91. The zero-order valence-electron chi connectivity index (χ0n) is 9.86. The smallest absolute Gasteiger partial charge is 0.0404 e. The molecule has 0 amide bonds. The maximum atomic E-state index is 4.35. The molecule has 1 fully saturated rings. The number of hydrogen-bond donors (Lipinski definition) is 1. The Labute approximate surface area is 97.9 Å². The molecule has 1 saturated heterocycles. The van der Waals surface area contributed by atoms with Crippen LogP contribution in [0.4, 0.5) is 0 Å². The molecule has 3 heteroatoms. The Balaban J connectivity index is 1.67. The molecule has 1 aliphatic rings. The van der Waals surface area contributed by atoms with Gasteiger partial charge in [-0.25, -0.2) is 0 Å². The van der Waals surface area contributed by atoms with Gasteiger partial charge in [-0.1, -0.05) is 6.07 Å². The number of rotatable bonds is 4. The van der Waals surface area contributed by atoms with E-state index in [2.05, 4.69) is 27.3 Å². The van der Waals surface area contributed by atoms with E-state index in [9.17, 15) is 0 Å². The van der Waals surface area contributed by atoms with Gasteiger partial charge in [0.2, 0.25) is 0 Å². The first-order chi connectivity index (χ1) is 7.95. The summed E-state index contributed by atoms with van der Waals surface area (Å²) in [7, 11) is 0. The van der Waals surface area contributed by atoms with Gasteiger partial charge >= 0.3 is 0 Å². The summed E-state index contributed by atoms with van der Waals surface area (Å²) < 4.78 is 0. The van der Waals surface area contributed by atoms with Gasteiger partial charge in [-0.2, -0.15) is 0 Å².